The molecule has 4 nitrogen and oxygen atoms in total. The van der Waals surface area contributed by atoms with Gasteiger partial charge in [-0.05, 0) is 42.1 Å². The van der Waals surface area contributed by atoms with Crippen LogP contribution < -0.4 is 5.56 Å². The largest absolute Gasteiger partial charge is 0.292 e. The van der Waals surface area contributed by atoms with Crippen molar-refractivity contribution >= 4 is 38.7 Å². The molecule has 4 aromatic rings. The summed E-state index contributed by atoms with van der Waals surface area (Å²) in [5.41, 5.74) is 1.43. The van der Waals surface area contributed by atoms with Crippen LogP contribution in [0.2, 0.25) is 0 Å². The third kappa shape index (κ3) is 3.56. The zero-order valence-electron chi connectivity index (χ0n) is 16.2. The molecule has 0 unspecified atom stereocenters. The summed E-state index contributed by atoms with van der Waals surface area (Å²) in [6.07, 6.45) is 0. The molecule has 0 radical (unpaired) electrons. The van der Waals surface area contributed by atoms with Crippen LogP contribution in [0.1, 0.15) is 41.5 Å². The van der Waals surface area contributed by atoms with E-state index in [-0.39, 0.29) is 29.6 Å². The molecule has 0 aliphatic rings. The summed E-state index contributed by atoms with van der Waals surface area (Å²) in [7, 11) is 0. The summed E-state index contributed by atoms with van der Waals surface area (Å²) in [5, 5.41) is 4.46. The van der Waals surface area contributed by atoms with Crippen molar-refractivity contribution in [1.82, 2.24) is 9.55 Å². The molecule has 3 heterocycles. The number of benzene rings is 1. The fourth-order valence-corrected chi connectivity index (χ4v) is 5.06. The number of ketones is 1. The standard InChI is InChI=1S/C22H19FN2O2S2/c1-12(2)20-24-21-19(15(11-29-21)18-5-4-8-28-18)22(27)25(20)10-17(26)14-6-7-16(23)13(3)9-14/h4-9,11-12H,10H2,1-3H3. The van der Waals surface area contributed by atoms with Crippen molar-refractivity contribution in [3.05, 3.63) is 74.2 Å². The number of Topliss-reactive ketones (excluding diaryl/α,β-unsaturated/α-hetero) is 1. The van der Waals surface area contributed by atoms with Crippen LogP contribution in [0.25, 0.3) is 20.7 Å². The first-order valence-corrected chi connectivity index (χ1v) is 11.0. The Hall–Kier alpha value is -2.64. The number of carbonyl (C=O) groups is 1. The molecule has 7 heteroatoms. The Kier molecular flexibility index (Phi) is 5.19. The van der Waals surface area contributed by atoms with E-state index in [0.717, 1.165) is 10.4 Å². The van der Waals surface area contributed by atoms with Gasteiger partial charge < -0.3 is 0 Å². The second-order valence-electron chi connectivity index (χ2n) is 7.21. The van der Waals surface area contributed by atoms with E-state index in [2.05, 4.69) is 0 Å². The van der Waals surface area contributed by atoms with Gasteiger partial charge in [0.05, 0.1) is 11.9 Å². The monoisotopic (exact) mass is 426 g/mol. The third-order valence-corrected chi connectivity index (χ3v) is 6.58. The molecule has 29 heavy (non-hydrogen) atoms. The number of aromatic nitrogens is 2. The van der Waals surface area contributed by atoms with Gasteiger partial charge in [-0.15, -0.1) is 22.7 Å². The van der Waals surface area contributed by atoms with Crippen LogP contribution in [0.3, 0.4) is 0 Å². The van der Waals surface area contributed by atoms with Crippen molar-refractivity contribution < 1.29 is 9.18 Å². The number of halogens is 1. The molecular weight excluding hydrogens is 407 g/mol. The number of nitrogens with zero attached hydrogens (tertiary/aromatic N) is 2. The van der Waals surface area contributed by atoms with E-state index in [9.17, 15) is 14.0 Å². The molecule has 0 atom stereocenters. The number of carbonyl (C=O) groups excluding carboxylic acids is 1. The molecule has 0 fully saturated rings. The fourth-order valence-electron chi connectivity index (χ4n) is 3.30. The summed E-state index contributed by atoms with van der Waals surface area (Å²) in [4.78, 5) is 32.7. The van der Waals surface area contributed by atoms with E-state index in [0.29, 0.717) is 27.2 Å². The van der Waals surface area contributed by atoms with Gasteiger partial charge in [-0.2, -0.15) is 0 Å². The number of hydrogen-bond acceptors (Lipinski definition) is 5. The molecule has 0 spiro atoms. The van der Waals surface area contributed by atoms with Gasteiger partial charge in [0.2, 0.25) is 0 Å². The molecule has 0 saturated carbocycles. The molecule has 1 aromatic carbocycles. The molecule has 0 aliphatic carbocycles. The Bertz CT molecular complexity index is 1270. The second kappa shape index (κ2) is 7.65. The van der Waals surface area contributed by atoms with Crippen LogP contribution in [0.5, 0.6) is 0 Å². The molecule has 0 saturated heterocycles. The van der Waals surface area contributed by atoms with E-state index in [1.807, 2.05) is 36.7 Å². The molecule has 0 bridgehead atoms. The minimum Gasteiger partial charge on any atom is -0.292 e. The summed E-state index contributed by atoms with van der Waals surface area (Å²) in [6.45, 7) is 5.39. The first-order chi connectivity index (χ1) is 13.9. The van der Waals surface area contributed by atoms with Gasteiger partial charge in [-0.1, -0.05) is 19.9 Å². The van der Waals surface area contributed by atoms with Gasteiger partial charge in [0.25, 0.3) is 5.56 Å². The molecule has 0 amide bonds. The zero-order valence-corrected chi connectivity index (χ0v) is 17.9. The molecule has 148 valence electrons. The number of thiophene rings is 2. The number of hydrogen-bond donors (Lipinski definition) is 0. The Balaban J connectivity index is 1.85. The maximum Gasteiger partial charge on any atom is 0.263 e. The van der Waals surface area contributed by atoms with Gasteiger partial charge >= 0.3 is 0 Å². The zero-order chi connectivity index (χ0) is 20.7. The lowest BCUT2D eigenvalue weighted by molar-refractivity contribution is 0.0969. The lowest BCUT2D eigenvalue weighted by Gasteiger charge is -2.15. The lowest BCUT2D eigenvalue weighted by Crippen LogP contribution is -2.29. The Morgan fingerprint density at radius 1 is 1.24 bits per heavy atom. The van der Waals surface area contributed by atoms with Gasteiger partial charge in [-0.25, -0.2) is 9.37 Å². The van der Waals surface area contributed by atoms with Crippen LogP contribution in [-0.4, -0.2) is 15.3 Å². The van der Waals surface area contributed by atoms with Crippen LogP contribution in [0.15, 0.2) is 45.9 Å². The first-order valence-electron chi connectivity index (χ1n) is 9.22. The maximum absolute atomic E-state index is 13.6. The van der Waals surface area contributed by atoms with E-state index in [4.69, 9.17) is 4.98 Å². The normalized spacial score (nSPS) is 11.5. The Morgan fingerprint density at radius 3 is 2.69 bits per heavy atom. The quantitative estimate of drug-likeness (QED) is 0.388. The Labute approximate surface area is 175 Å². The highest BCUT2D eigenvalue weighted by molar-refractivity contribution is 7.18. The fraction of sp³-hybridized carbons (Fsp3) is 0.227. The number of fused-ring (bicyclic) bond motifs is 1. The van der Waals surface area contributed by atoms with Crippen molar-refractivity contribution in [2.45, 2.75) is 33.2 Å². The topological polar surface area (TPSA) is 52.0 Å². The first kappa shape index (κ1) is 19.7. The smallest absolute Gasteiger partial charge is 0.263 e. The number of aryl methyl sites for hydroxylation is 1. The van der Waals surface area contributed by atoms with Gasteiger partial charge in [0.1, 0.15) is 16.5 Å². The summed E-state index contributed by atoms with van der Waals surface area (Å²) < 4.78 is 15.0. The van der Waals surface area contributed by atoms with Crippen LogP contribution in [-0.2, 0) is 6.54 Å². The van der Waals surface area contributed by atoms with Crippen LogP contribution in [0, 0.1) is 12.7 Å². The second-order valence-corrected chi connectivity index (χ2v) is 9.02. The van der Waals surface area contributed by atoms with Crippen molar-refractivity contribution in [2.24, 2.45) is 0 Å². The lowest BCUT2D eigenvalue weighted by atomic mass is 10.1. The maximum atomic E-state index is 13.6. The highest BCUT2D eigenvalue weighted by Crippen LogP contribution is 2.34. The van der Waals surface area contributed by atoms with Crippen molar-refractivity contribution in [1.29, 1.82) is 0 Å². The van der Waals surface area contributed by atoms with Crippen LogP contribution in [0.4, 0.5) is 4.39 Å². The molecule has 3 aromatic heterocycles. The van der Waals surface area contributed by atoms with Crippen molar-refractivity contribution in [3.8, 4) is 10.4 Å². The molecule has 0 N–H and O–H groups in total. The van der Waals surface area contributed by atoms with Gasteiger partial charge in [0, 0.05) is 27.3 Å². The molecule has 0 aliphatic heterocycles. The number of rotatable bonds is 5. The average molecular weight is 427 g/mol. The van der Waals surface area contributed by atoms with Crippen LogP contribution >= 0.6 is 22.7 Å². The third-order valence-electron chi connectivity index (χ3n) is 4.81. The minimum atomic E-state index is -0.358. The average Bonchev–Trinajstić information content (AvgIpc) is 3.35. The predicted molar refractivity (Wildman–Crippen MR) is 117 cm³/mol. The summed E-state index contributed by atoms with van der Waals surface area (Å²) in [6, 6.07) is 8.17. The minimum absolute atomic E-state index is 0.0258. The molecular formula is C22H19FN2O2S2. The SMILES string of the molecule is Cc1cc(C(=O)Cn2c(C(C)C)nc3scc(-c4cccs4)c3c2=O)ccc1F. The van der Waals surface area contributed by atoms with Crippen molar-refractivity contribution in [3.63, 3.8) is 0 Å². The van der Waals surface area contributed by atoms with E-state index >= 15 is 0 Å². The summed E-state index contributed by atoms with van der Waals surface area (Å²) >= 11 is 3.00. The molecule has 4 rings (SSSR count). The van der Waals surface area contributed by atoms with E-state index in [1.165, 1.54) is 34.1 Å². The predicted octanol–water partition coefficient (Wildman–Crippen LogP) is 5.64. The highest BCUT2D eigenvalue weighted by Gasteiger charge is 2.21. The van der Waals surface area contributed by atoms with Gasteiger partial charge in [0.15, 0.2) is 5.78 Å². The van der Waals surface area contributed by atoms with Gasteiger partial charge in [-0.3, -0.25) is 14.2 Å². The highest BCUT2D eigenvalue weighted by atomic mass is 32.1. The van der Waals surface area contributed by atoms with Crippen molar-refractivity contribution in [2.75, 3.05) is 0 Å². The summed E-state index contributed by atoms with van der Waals surface area (Å²) in [5.74, 6) is -0.0499. The van der Waals surface area contributed by atoms with E-state index in [1.54, 1.807) is 18.3 Å². The van der Waals surface area contributed by atoms with E-state index < -0.39 is 0 Å². The Morgan fingerprint density at radius 2 is 2.03 bits per heavy atom.